The molecule has 4 nitrogen and oxygen atoms in total. The highest BCUT2D eigenvalue weighted by Gasteiger charge is 2.27. The van der Waals surface area contributed by atoms with E-state index in [4.69, 9.17) is 4.74 Å². The van der Waals surface area contributed by atoms with Crippen molar-refractivity contribution >= 4 is 5.91 Å². The van der Waals surface area contributed by atoms with Crippen molar-refractivity contribution in [3.05, 3.63) is 42.2 Å². The minimum atomic E-state index is -1.03. The van der Waals surface area contributed by atoms with Gasteiger partial charge in [-0.1, -0.05) is 32.6 Å². The average molecular weight is 295 g/mol. The Labute approximate surface area is 124 Å². The molecule has 0 unspecified atom stereocenters. The van der Waals surface area contributed by atoms with Gasteiger partial charge in [0.05, 0.1) is 19.8 Å². The molecule has 0 saturated carbocycles. The summed E-state index contributed by atoms with van der Waals surface area (Å²) >= 11 is 0. The third-order valence-electron chi connectivity index (χ3n) is 3.36. The first kappa shape index (κ1) is 17.2. The van der Waals surface area contributed by atoms with Crippen LogP contribution < -0.4 is 4.74 Å². The van der Waals surface area contributed by atoms with Crippen LogP contribution in [0.25, 0.3) is 0 Å². The van der Waals surface area contributed by atoms with E-state index in [2.05, 4.69) is 6.58 Å². The van der Waals surface area contributed by atoms with Gasteiger partial charge in [0.2, 0.25) is 0 Å². The van der Waals surface area contributed by atoms with Crippen LogP contribution in [0.1, 0.15) is 19.4 Å². The van der Waals surface area contributed by atoms with Gasteiger partial charge in [-0.2, -0.15) is 0 Å². The van der Waals surface area contributed by atoms with Crippen molar-refractivity contribution in [2.75, 3.05) is 13.7 Å². The van der Waals surface area contributed by atoms with E-state index in [9.17, 15) is 14.3 Å². The summed E-state index contributed by atoms with van der Waals surface area (Å²) in [6.45, 7) is 6.78. The van der Waals surface area contributed by atoms with Crippen LogP contribution in [-0.2, 0) is 11.3 Å². The Morgan fingerprint density at radius 1 is 1.38 bits per heavy atom. The molecule has 21 heavy (non-hydrogen) atoms. The lowest BCUT2D eigenvalue weighted by molar-refractivity contribution is -0.133. The van der Waals surface area contributed by atoms with Crippen molar-refractivity contribution < 1.29 is 19.0 Å². The average Bonchev–Trinajstić information content (AvgIpc) is 2.46. The summed E-state index contributed by atoms with van der Waals surface area (Å²) in [6.07, 6.45) is 0. The number of carbonyl (C=O) groups excluding carboxylic acids is 1. The van der Waals surface area contributed by atoms with Crippen LogP contribution in [0.4, 0.5) is 4.39 Å². The van der Waals surface area contributed by atoms with Gasteiger partial charge in [0.15, 0.2) is 5.83 Å². The number of benzene rings is 1. The summed E-state index contributed by atoms with van der Waals surface area (Å²) in [6, 6.07) is 6.67. The second kappa shape index (κ2) is 7.78. The number of halogens is 1. The molecule has 0 bridgehead atoms. The van der Waals surface area contributed by atoms with E-state index < -0.39 is 17.8 Å². The molecule has 5 heteroatoms. The van der Waals surface area contributed by atoms with Crippen molar-refractivity contribution in [3.8, 4) is 5.75 Å². The van der Waals surface area contributed by atoms with Gasteiger partial charge in [-0.3, -0.25) is 4.79 Å². The Morgan fingerprint density at radius 3 is 2.33 bits per heavy atom. The number of aliphatic hydroxyl groups excluding tert-OH is 1. The van der Waals surface area contributed by atoms with Crippen molar-refractivity contribution in [1.82, 2.24) is 4.90 Å². The van der Waals surface area contributed by atoms with Gasteiger partial charge in [-0.25, -0.2) is 4.39 Å². The molecule has 0 radical (unpaired) electrons. The summed E-state index contributed by atoms with van der Waals surface area (Å²) in [5.74, 6) is -1.12. The normalized spacial score (nSPS) is 12.1. The molecule has 1 aromatic carbocycles. The first-order valence-electron chi connectivity index (χ1n) is 6.79. The van der Waals surface area contributed by atoms with Crippen molar-refractivity contribution in [1.29, 1.82) is 0 Å². The molecule has 1 N–H and O–H groups in total. The summed E-state index contributed by atoms with van der Waals surface area (Å²) in [5, 5.41) is 9.49. The molecule has 0 spiro atoms. The fourth-order valence-corrected chi connectivity index (χ4v) is 2.09. The molecule has 1 atom stereocenters. The minimum Gasteiger partial charge on any atom is -0.497 e. The van der Waals surface area contributed by atoms with Gasteiger partial charge >= 0.3 is 0 Å². The summed E-state index contributed by atoms with van der Waals surface area (Å²) in [4.78, 5) is 13.3. The van der Waals surface area contributed by atoms with Crippen molar-refractivity contribution in [2.24, 2.45) is 5.92 Å². The van der Waals surface area contributed by atoms with Crippen LogP contribution in [0.3, 0.4) is 0 Å². The van der Waals surface area contributed by atoms with Crippen molar-refractivity contribution in [3.63, 3.8) is 0 Å². The van der Waals surface area contributed by atoms with Gasteiger partial charge in [-0.15, -0.1) is 0 Å². The van der Waals surface area contributed by atoms with Crippen LogP contribution in [0.15, 0.2) is 36.7 Å². The molecule has 0 aliphatic carbocycles. The molecule has 1 aromatic rings. The second-order valence-corrected chi connectivity index (χ2v) is 5.18. The fraction of sp³-hybridized carbons (Fsp3) is 0.438. The molecule has 116 valence electrons. The Hall–Kier alpha value is -1.88. The Balaban J connectivity index is 3.00. The highest BCUT2D eigenvalue weighted by Crippen LogP contribution is 2.19. The Morgan fingerprint density at radius 2 is 1.95 bits per heavy atom. The van der Waals surface area contributed by atoms with Gasteiger partial charge < -0.3 is 14.7 Å². The minimum absolute atomic E-state index is 0.00320. The van der Waals surface area contributed by atoms with Crippen LogP contribution in [-0.4, -0.2) is 35.7 Å². The molecule has 0 aromatic heterocycles. The number of aliphatic hydroxyl groups is 1. The molecular weight excluding hydrogens is 273 g/mol. The van der Waals surface area contributed by atoms with Crippen LogP contribution in [0.2, 0.25) is 0 Å². The summed E-state index contributed by atoms with van der Waals surface area (Å²) < 4.78 is 18.3. The maximum absolute atomic E-state index is 13.2. The van der Waals surface area contributed by atoms with E-state index in [-0.39, 0.29) is 19.1 Å². The lowest BCUT2D eigenvalue weighted by Crippen LogP contribution is -2.45. The first-order chi connectivity index (χ1) is 9.90. The maximum Gasteiger partial charge on any atom is 0.282 e. The van der Waals surface area contributed by atoms with Gasteiger partial charge in [-0.05, 0) is 23.6 Å². The highest BCUT2D eigenvalue weighted by atomic mass is 19.1. The monoisotopic (exact) mass is 295 g/mol. The van der Waals surface area contributed by atoms with Crippen LogP contribution >= 0.6 is 0 Å². The second-order valence-electron chi connectivity index (χ2n) is 5.18. The molecular formula is C16H22FNO3. The number of carbonyl (C=O) groups is 1. The van der Waals surface area contributed by atoms with Gasteiger partial charge in [0.1, 0.15) is 5.75 Å². The van der Waals surface area contributed by atoms with Crippen LogP contribution in [0.5, 0.6) is 5.75 Å². The lowest BCUT2D eigenvalue weighted by atomic mass is 10.0. The standard InChI is InChI=1S/C16H22FNO3/c1-11(2)15(10-19)18(16(20)12(3)17)9-13-5-7-14(21-4)8-6-13/h5-8,11,15,19H,3,9-10H2,1-2,4H3/t15-/m1/s1. The Bertz CT molecular complexity index is 485. The van der Waals surface area contributed by atoms with E-state index in [1.165, 1.54) is 4.90 Å². The summed E-state index contributed by atoms with van der Waals surface area (Å²) in [5.41, 5.74) is 0.824. The number of rotatable bonds is 7. The van der Waals surface area contributed by atoms with Gasteiger partial charge in [0, 0.05) is 6.54 Å². The van der Waals surface area contributed by atoms with Gasteiger partial charge in [0.25, 0.3) is 5.91 Å². The lowest BCUT2D eigenvalue weighted by Gasteiger charge is -2.33. The van der Waals surface area contributed by atoms with E-state index in [1.54, 1.807) is 31.4 Å². The third-order valence-corrected chi connectivity index (χ3v) is 3.36. The van der Waals surface area contributed by atoms with E-state index in [1.807, 2.05) is 13.8 Å². The van der Waals surface area contributed by atoms with E-state index in [0.717, 1.165) is 5.56 Å². The number of amides is 1. The number of ether oxygens (including phenoxy) is 1. The Kier molecular flexibility index (Phi) is 6.37. The quantitative estimate of drug-likeness (QED) is 0.786. The zero-order valence-corrected chi connectivity index (χ0v) is 12.7. The highest BCUT2D eigenvalue weighted by molar-refractivity contribution is 5.90. The zero-order valence-electron chi connectivity index (χ0n) is 12.7. The fourth-order valence-electron chi connectivity index (χ4n) is 2.09. The van der Waals surface area contributed by atoms with E-state index >= 15 is 0 Å². The zero-order chi connectivity index (χ0) is 16.0. The molecule has 0 fully saturated rings. The smallest absolute Gasteiger partial charge is 0.282 e. The SMILES string of the molecule is C=C(F)C(=O)N(Cc1ccc(OC)cc1)[C@H](CO)C(C)C. The number of hydrogen-bond acceptors (Lipinski definition) is 3. The molecule has 0 heterocycles. The maximum atomic E-state index is 13.2. The third kappa shape index (κ3) is 4.56. The molecule has 1 amide bonds. The predicted molar refractivity (Wildman–Crippen MR) is 79.5 cm³/mol. The number of hydrogen-bond donors (Lipinski definition) is 1. The molecule has 1 rings (SSSR count). The molecule has 0 saturated heterocycles. The largest absolute Gasteiger partial charge is 0.497 e. The predicted octanol–water partition coefficient (Wildman–Crippen LogP) is 2.52. The first-order valence-corrected chi connectivity index (χ1v) is 6.79. The van der Waals surface area contributed by atoms with Crippen molar-refractivity contribution in [2.45, 2.75) is 26.4 Å². The molecule has 0 aliphatic heterocycles. The number of methoxy groups -OCH3 is 1. The topological polar surface area (TPSA) is 49.8 Å². The van der Waals surface area contributed by atoms with Crippen LogP contribution in [0, 0.1) is 5.92 Å². The molecule has 0 aliphatic rings. The van der Waals surface area contributed by atoms with E-state index in [0.29, 0.717) is 5.75 Å². The summed E-state index contributed by atoms with van der Waals surface area (Å²) in [7, 11) is 1.57. The number of nitrogens with zero attached hydrogens (tertiary/aromatic N) is 1.